The molecule has 0 saturated carbocycles. The van der Waals surface area contributed by atoms with E-state index in [0.717, 1.165) is 0 Å². The topological polar surface area (TPSA) is 137 Å². The molecule has 0 fully saturated rings. The number of aromatic hydroxyl groups is 1. The largest absolute Gasteiger partial charge is 0.493 e. The molecular formula is C12H13ClN8O2. The Balaban J connectivity index is 1.68. The van der Waals surface area contributed by atoms with Crippen molar-refractivity contribution in [3.8, 4) is 5.88 Å². The fourth-order valence-electron chi connectivity index (χ4n) is 2.04. The zero-order chi connectivity index (χ0) is 16.6. The second kappa shape index (κ2) is 5.72. The number of hydrogen-bond donors (Lipinski definition) is 3. The highest BCUT2D eigenvalue weighted by atomic mass is 35.5. The van der Waals surface area contributed by atoms with Crippen LogP contribution >= 0.6 is 11.6 Å². The zero-order valence-corrected chi connectivity index (χ0v) is 12.8. The number of fused-ring (bicyclic) bond motifs is 1. The highest BCUT2D eigenvalue weighted by Gasteiger charge is 2.13. The summed E-state index contributed by atoms with van der Waals surface area (Å²) in [6.07, 6.45) is 1.55. The van der Waals surface area contributed by atoms with E-state index in [-0.39, 0.29) is 22.7 Å². The molecule has 3 aromatic rings. The molecule has 3 aromatic heterocycles. The van der Waals surface area contributed by atoms with Crippen LogP contribution < -0.4 is 11.1 Å². The second-order valence-corrected chi connectivity index (χ2v) is 5.11. The predicted molar refractivity (Wildman–Crippen MR) is 82.0 cm³/mol. The van der Waals surface area contributed by atoms with Crippen molar-refractivity contribution < 1.29 is 9.90 Å². The summed E-state index contributed by atoms with van der Waals surface area (Å²) in [5, 5.41) is 16.2. The number of amides is 1. The molecule has 0 unspecified atom stereocenters. The number of aryl methyl sites for hydroxylation is 1. The van der Waals surface area contributed by atoms with Crippen LogP contribution in [-0.4, -0.2) is 46.9 Å². The molecule has 0 atom stereocenters. The molecule has 1 amide bonds. The van der Waals surface area contributed by atoms with E-state index in [9.17, 15) is 9.90 Å². The molecule has 3 rings (SSSR count). The van der Waals surface area contributed by atoms with E-state index in [4.69, 9.17) is 17.3 Å². The van der Waals surface area contributed by atoms with E-state index >= 15 is 0 Å². The van der Waals surface area contributed by atoms with Gasteiger partial charge >= 0.3 is 0 Å². The Morgan fingerprint density at radius 1 is 1.48 bits per heavy atom. The van der Waals surface area contributed by atoms with Crippen LogP contribution in [0.5, 0.6) is 5.88 Å². The molecule has 4 N–H and O–H groups in total. The summed E-state index contributed by atoms with van der Waals surface area (Å²) in [7, 11) is 1.54. The lowest BCUT2D eigenvalue weighted by Gasteiger charge is -2.05. The molecule has 0 aliphatic carbocycles. The van der Waals surface area contributed by atoms with Crippen LogP contribution in [0.25, 0.3) is 11.2 Å². The number of nitrogens with zero attached hydrogens (tertiary/aromatic N) is 6. The lowest BCUT2D eigenvalue weighted by molar-refractivity contribution is 0.0946. The molecule has 3 heterocycles. The van der Waals surface area contributed by atoms with E-state index in [0.29, 0.717) is 24.3 Å². The van der Waals surface area contributed by atoms with Crippen molar-refractivity contribution in [2.75, 3.05) is 12.3 Å². The molecule has 10 nitrogen and oxygen atoms in total. The molecule has 0 aliphatic rings. The van der Waals surface area contributed by atoms with Crippen molar-refractivity contribution in [2.45, 2.75) is 6.54 Å². The van der Waals surface area contributed by atoms with Crippen molar-refractivity contribution >= 4 is 34.6 Å². The lowest BCUT2D eigenvalue weighted by Crippen LogP contribution is -2.27. The standard InChI is InChI=1S/C12H13ClN8O2/c1-20-7(22)4-6(19-20)11(23)15-2-3-21-5-16-8-9(13)17-12(14)18-10(8)21/h4-5,22H,2-3H2,1H3,(H,15,23)(H2,14,17,18). The van der Waals surface area contributed by atoms with Gasteiger partial charge in [0.25, 0.3) is 5.91 Å². The lowest BCUT2D eigenvalue weighted by atomic mass is 10.4. The maximum absolute atomic E-state index is 11.9. The summed E-state index contributed by atoms with van der Waals surface area (Å²) in [5.41, 5.74) is 6.64. The predicted octanol–water partition coefficient (Wildman–Crippen LogP) is -0.0690. The van der Waals surface area contributed by atoms with Gasteiger partial charge < -0.3 is 20.7 Å². The minimum atomic E-state index is -0.391. The van der Waals surface area contributed by atoms with Gasteiger partial charge in [-0.15, -0.1) is 0 Å². The molecule has 11 heteroatoms. The van der Waals surface area contributed by atoms with Crippen LogP contribution in [0.2, 0.25) is 5.15 Å². The first-order chi connectivity index (χ1) is 11.0. The average Bonchev–Trinajstić information content (AvgIpc) is 3.04. The Hall–Kier alpha value is -2.88. The molecule has 0 aliphatic heterocycles. The number of nitrogens with one attached hydrogen (secondary N) is 1. The number of carbonyl (C=O) groups excluding carboxylic acids is 1. The van der Waals surface area contributed by atoms with E-state index in [1.807, 2.05) is 0 Å². The first kappa shape index (κ1) is 15.0. The molecule has 120 valence electrons. The SMILES string of the molecule is Cn1nc(C(=O)NCCn2cnc3c(Cl)nc(N)nc32)cc1O. The Labute approximate surface area is 134 Å². The number of aromatic nitrogens is 6. The highest BCUT2D eigenvalue weighted by molar-refractivity contribution is 6.33. The number of imidazole rings is 1. The molecular weight excluding hydrogens is 324 g/mol. The van der Waals surface area contributed by atoms with E-state index in [2.05, 4.69) is 25.4 Å². The Morgan fingerprint density at radius 2 is 2.26 bits per heavy atom. The van der Waals surface area contributed by atoms with E-state index < -0.39 is 5.91 Å². The fourth-order valence-corrected chi connectivity index (χ4v) is 2.26. The number of nitrogen functional groups attached to an aromatic ring is 1. The third kappa shape index (κ3) is 2.88. The molecule has 0 bridgehead atoms. The summed E-state index contributed by atoms with van der Waals surface area (Å²) in [4.78, 5) is 24.0. The molecule has 0 radical (unpaired) electrons. The Kier molecular flexibility index (Phi) is 3.74. The van der Waals surface area contributed by atoms with Crippen molar-refractivity contribution in [2.24, 2.45) is 7.05 Å². The molecule has 0 saturated heterocycles. The van der Waals surface area contributed by atoms with Gasteiger partial charge in [0, 0.05) is 26.2 Å². The summed E-state index contributed by atoms with van der Waals surface area (Å²) in [5.74, 6) is -0.424. The monoisotopic (exact) mass is 336 g/mol. The van der Waals surface area contributed by atoms with Crippen molar-refractivity contribution in [3.63, 3.8) is 0 Å². The van der Waals surface area contributed by atoms with Crippen LogP contribution in [0.15, 0.2) is 12.4 Å². The first-order valence-electron chi connectivity index (χ1n) is 6.60. The van der Waals surface area contributed by atoms with Gasteiger partial charge in [0.1, 0.15) is 5.52 Å². The normalized spacial score (nSPS) is 11.0. The van der Waals surface area contributed by atoms with Gasteiger partial charge in [-0.05, 0) is 0 Å². The smallest absolute Gasteiger partial charge is 0.271 e. The van der Waals surface area contributed by atoms with E-state index in [1.165, 1.54) is 17.8 Å². The number of carbonyl (C=O) groups is 1. The van der Waals surface area contributed by atoms with Crippen LogP contribution in [0, 0.1) is 0 Å². The summed E-state index contributed by atoms with van der Waals surface area (Å²) >= 11 is 5.95. The average molecular weight is 337 g/mol. The van der Waals surface area contributed by atoms with Crippen LogP contribution in [0.4, 0.5) is 5.95 Å². The maximum Gasteiger partial charge on any atom is 0.271 e. The number of halogens is 1. The zero-order valence-electron chi connectivity index (χ0n) is 12.1. The summed E-state index contributed by atoms with van der Waals surface area (Å²) in [6.45, 7) is 0.719. The van der Waals surface area contributed by atoms with Crippen LogP contribution in [0.1, 0.15) is 10.5 Å². The van der Waals surface area contributed by atoms with Crippen molar-refractivity contribution in [1.29, 1.82) is 0 Å². The minimum absolute atomic E-state index is 0.0530. The molecule has 23 heavy (non-hydrogen) atoms. The number of rotatable bonds is 4. The van der Waals surface area contributed by atoms with Crippen LogP contribution in [-0.2, 0) is 13.6 Å². The van der Waals surface area contributed by atoms with Gasteiger partial charge in [0.2, 0.25) is 11.8 Å². The highest BCUT2D eigenvalue weighted by Crippen LogP contribution is 2.19. The number of anilines is 1. The van der Waals surface area contributed by atoms with Gasteiger partial charge in [-0.2, -0.15) is 15.1 Å². The number of hydrogen-bond acceptors (Lipinski definition) is 7. The number of nitrogens with two attached hydrogens (primary N) is 1. The molecule has 0 aromatic carbocycles. The van der Waals surface area contributed by atoms with Gasteiger partial charge in [-0.3, -0.25) is 4.79 Å². The maximum atomic E-state index is 11.9. The second-order valence-electron chi connectivity index (χ2n) is 4.75. The van der Waals surface area contributed by atoms with Crippen LogP contribution in [0.3, 0.4) is 0 Å². The Bertz CT molecular complexity index is 867. The van der Waals surface area contributed by atoms with Gasteiger partial charge in [0.15, 0.2) is 16.5 Å². The quantitative estimate of drug-likeness (QED) is 0.567. The summed E-state index contributed by atoms with van der Waals surface area (Å²) < 4.78 is 2.91. The van der Waals surface area contributed by atoms with E-state index in [1.54, 1.807) is 10.9 Å². The minimum Gasteiger partial charge on any atom is -0.493 e. The van der Waals surface area contributed by atoms with Gasteiger partial charge in [-0.1, -0.05) is 11.6 Å². The third-order valence-electron chi connectivity index (χ3n) is 3.16. The fraction of sp³-hybridized carbons (Fsp3) is 0.250. The Morgan fingerprint density at radius 3 is 2.96 bits per heavy atom. The van der Waals surface area contributed by atoms with Crippen molar-refractivity contribution in [1.82, 2.24) is 34.6 Å². The van der Waals surface area contributed by atoms with Gasteiger partial charge in [-0.25, -0.2) is 9.67 Å². The van der Waals surface area contributed by atoms with Gasteiger partial charge in [0.05, 0.1) is 6.33 Å². The summed E-state index contributed by atoms with van der Waals surface area (Å²) in [6, 6.07) is 1.29. The van der Waals surface area contributed by atoms with Crippen molar-refractivity contribution in [3.05, 3.63) is 23.2 Å². The molecule has 0 spiro atoms. The third-order valence-corrected chi connectivity index (χ3v) is 3.43. The first-order valence-corrected chi connectivity index (χ1v) is 6.98.